The molecule has 2 atom stereocenters. The molecule has 0 saturated carbocycles. The second-order valence-corrected chi connectivity index (χ2v) is 3.08. The van der Waals surface area contributed by atoms with Gasteiger partial charge in [0.2, 0.25) is 0 Å². The van der Waals surface area contributed by atoms with E-state index in [2.05, 4.69) is 11.9 Å². The quantitative estimate of drug-likeness (QED) is 0.660. The Morgan fingerprint density at radius 3 is 3.00 bits per heavy atom. The molecule has 0 aromatic heterocycles. The first-order chi connectivity index (χ1) is 5.22. The molecule has 1 rings (SSSR count). The van der Waals surface area contributed by atoms with E-state index in [0.29, 0.717) is 6.04 Å². The van der Waals surface area contributed by atoms with Gasteiger partial charge in [0, 0.05) is 12.5 Å². The highest BCUT2D eigenvalue weighted by molar-refractivity contribution is 5.78. The Hall–Kier alpha value is -0.570. The summed E-state index contributed by atoms with van der Waals surface area (Å²) >= 11 is 0. The highest BCUT2D eigenvalue weighted by atomic mass is 16.5. The van der Waals surface area contributed by atoms with Crippen molar-refractivity contribution in [1.29, 1.82) is 0 Å². The molecule has 1 heterocycles. The predicted molar refractivity (Wildman–Crippen MR) is 45.7 cm³/mol. The summed E-state index contributed by atoms with van der Waals surface area (Å²) in [4.78, 5) is 4.36. The lowest BCUT2D eigenvalue weighted by atomic mass is 10.2. The van der Waals surface area contributed by atoms with Crippen LogP contribution in [0.1, 0.15) is 26.7 Å². The van der Waals surface area contributed by atoms with Crippen LogP contribution in [0.4, 0.5) is 0 Å². The van der Waals surface area contributed by atoms with Crippen LogP contribution in [0.15, 0.2) is 4.99 Å². The second-order valence-electron chi connectivity index (χ2n) is 3.08. The van der Waals surface area contributed by atoms with Gasteiger partial charge in [0.15, 0.2) is 5.90 Å². The Morgan fingerprint density at radius 1 is 1.82 bits per heavy atom. The van der Waals surface area contributed by atoms with E-state index in [0.717, 1.165) is 25.3 Å². The van der Waals surface area contributed by atoms with E-state index < -0.39 is 0 Å². The van der Waals surface area contributed by atoms with Gasteiger partial charge in [-0.1, -0.05) is 6.92 Å². The van der Waals surface area contributed by atoms with E-state index >= 15 is 0 Å². The highest BCUT2D eigenvalue weighted by Crippen LogP contribution is 2.10. The van der Waals surface area contributed by atoms with Crippen molar-refractivity contribution in [2.24, 2.45) is 10.7 Å². The number of aliphatic imine (C=N–C) groups is 1. The summed E-state index contributed by atoms with van der Waals surface area (Å²) < 4.78 is 5.34. The van der Waals surface area contributed by atoms with E-state index in [1.165, 1.54) is 0 Å². The van der Waals surface area contributed by atoms with Crippen LogP contribution in [0.3, 0.4) is 0 Å². The lowest BCUT2D eigenvalue weighted by Crippen LogP contribution is -2.19. The Balaban J connectivity index is 2.36. The molecule has 0 spiro atoms. The number of nitrogens with two attached hydrogens (primary N) is 1. The number of ether oxygens (including phenoxy) is 1. The molecule has 3 nitrogen and oxygen atoms in total. The normalized spacial score (nSPS) is 26.1. The van der Waals surface area contributed by atoms with Crippen molar-refractivity contribution in [1.82, 2.24) is 0 Å². The fraction of sp³-hybridized carbons (Fsp3) is 0.875. The average molecular weight is 156 g/mol. The van der Waals surface area contributed by atoms with Gasteiger partial charge < -0.3 is 10.5 Å². The zero-order valence-electron chi connectivity index (χ0n) is 7.21. The molecule has 0 aromatic carbocycles. The molecule has 1 aliphatic rings. The minimum absolute atomic E-state index is 0.157. The molecule has 0 fully saturated rings. The van der Waals surface area contributed by atoms with Crippen LogP contribution in [0.25, 0.3) is 0 Å². The van der Waals surface area contributed by atoms with Crippen molar-refractivity contribution >= 4 is 5.90 Å². The van der Waals surface area contributed by atoms with Crippen molar-refractivity contribution < 1.29 is 4.74 Å². The molecule has 11 heavy (non-hydrogen) atoms. The molecule has 3 heteroatoms. The summed E-state index contributed by atoms with van der Waals surface area (Å²) in [6.07, 6.45) is 1.83. The first-order valence-corrected chi connectivity index (χ1v) is 4.17. The number of nitrogens with zero attached hydrogens (tertiary/aromatic N) is 1. The van der Waals surface area contributed by atoms with Gasteiger partial charge in [0.05, 0.1) is 6.04 Å². The van der Waals surface area contributed by atoms with Gasteiger partial charge in [-0.25, -0.2) is 4.99 Å². The molecular formula is C8H16N2O. The Morgan fingerprint density at radius 2 is 2.55 bits per heavy atom. The third-order valence-electron chi connectivity index (χ3n) is 1.74. The van der Waals surface area contributed by atoms with E-state index in [9.17, 15) is 0 Å². The Bertz CT molecular complexity index is 154. The van der Waals surface area contributed by atoms with Crippen LogP contribution < -0.4 is 5.73 Å². The standard InChI is InChI=1S/C8H16N2O/c1-3-7-5-11-8(10-7)4-6(2)9/h6-7H,3-5,9H2,1-2H3. The van der Waals surface area contributed by atoms with Gasteiger partial charge in [0.25, 0.3) is 0 Å². The van der Waals surface area contributed by atoms with Gasteiger partial charge in [0.1, 0.15) is 6.61 Å². The molecule has 0 aliphatic carbocycles. The smallest absolute Gasteiger partial charge is 0.185 e. The Kier molecular flexibility index (Phi) is 2.88. The maximum Gasteiger partial charge on any atom is 0.185 e. The minimum Gasteiger partial charge on any atom is -0.479 e. The summed E-state index contributed by atoms with van der Waals surface area (Å²) in [7, 11) is 0. The molecule has 64 valence electrons. The molecule has 0 saturated heterocycles. The van der Waals surface area contributed by atoms with Crippen molar-refractivity contribution in [3.63, 3.8) is 0 Å². The summed E-state index contributed by atoms with van der Waals surface area (Å²) in [6.45, 7) is 4.83. The minimum atomic E-state index is 0.157. The summed E-state index contributed by atoms with van der Waals surface area (Å²) in [5.41, 5.74) is 5.60. The maximum absolute atomic E-state index is 5.60. The summed E-state index contributed by atoms with van der Waals surface area (Å²) in [5, 5.41) is 0. The van der Waals surface area contributed by atoms with E-state index in [-0.39, 0.29) is 6.04 Å². The van der Waals surface area contributed by atoms with Crippen LogP contribution in [0, 0.1) is 0 Å². The fourth-order valence-electron chi connectivity index (χ4n) is 1.07. The molecule has 2 N–H and O–H groups in total. The molecule has 0 amide bonds. The predicted octanol–water partition coefficient (Wildman–Crippen LogP) is 0.931. The molecule has 0 bridgehead atoms. The third-order valence-corrected chi connectivity index (χ3v) is 1.74. The molecule has 1 aliphatic heterocycles. The van der Waals surface area contributed by atoms with Crippen LogP contribution in [0.2, 0.25) is 0 Å². The summed E-state index contributed by atoms with van der Waals surface area (Å²) in [6, 6.07) is 0.535. The van der Waals surface area contributed by atoms with Gasteiger partial charge >= 0.3 is 0 Å². The second kappa shape index (κ2) is 3.72. The number of rotatable bonds is 3. The molecular weight excluding hydrogens is 140 g/mol. The van der Waals surface area contributed by atoms with Crippen molar-refractivity contribution in [3.05, 3.63) is 0 Å². The van der Waals surface area contributed by atoms with Crippen LogP contribution >= 0.6 is 0 Å². The highest BCUT2D eigenvalue weighted by Gasteiger charge is 2.17. The molecule has 2 unspecified atom stereocenters. The third kappa shape index (κ3) is 2.50. The van der Waals surface area contributed by atoms with Crippen LogP contribution in [-0.4, -0.2) is 24.6 Å². The monoisotopic (exact) mass is 156 g/mol. The van der Waals surface area contributed by atoms with Crippen LogP contribution in [0.5, 0.6) is 0 Å². The van der Waals surface area contributed by atoms with E-state index in [1.807, 2.05) is 6.92 Å². The van der Waals surface area contributed by atoms with E-state index in [4.69, 9.17) is 10.5 Å². The van der Waals surface area contributed by atoms with Crippen molar-refractivity contribution in [2.45, 2.75) is 38.8 Å². The van der Waals surface area contributed by atoms with Gasteiger partial charge in [-0.05, 0) is 13.3 Å². The topological polar surface area (TPSA) is 47.6 Å². The first kappa shape index (κ1) is 8.53. The lowest BCUT2D eigenvalue weighted by molar-refractivity contribution is 0.305. The maximum atomic E-state index is 5.60. The molecule has 0 radical (unpaired) electrons. The van der Waals surface area contributed by atoms with Crippen molar-refractivity contribution in [2.75, 3.05) is 6.61 Å². The molecule has 0 aromatic rings. The van der Waals surface area contributed by atoms with Crippen molar-refractivity contribution in [3.8, 4) is 0 Å². The number of hydrogen-bond donors (Lipinski definition) is 1. The zero-order chi connectivity index (χ0) is 8.27. The number of hydrogen-bond acceptors (Lipinski definition) is 3. The average Bonchev–Trinajstić information content (AvgIpc) is 2.34. The SMILES string of the molecule is CCC1COC(CC(C)N)=N1. The lowest BCUT2D eigenvalue weighted by Gasteiger charge is -2.03. The van der Waals surface area contributed by atoms with Crippen LogP contribution in [-0.2, 0) is 4.74 Å². The van der Waals surface area contributed by atoms with E-state index in [1.54, 1.807) is 0 Å². The van der Waals surface area contributed by atoms with Gasteiger partial charge in [-0.15, -0.1) is 0 Å². The first-order valence-electron chi connectivity index (χ1n) is 4.17. The van der Waals surface area contributed by atoms with Gasteiger partial charge in [-0.3, -0.25) is 0 Å². The Labute approximate surface area is 67.6 Å². The largest absolute Gasteiger partial charge is 0.479 e. The zero-order valence-corrected chi connectivity index (χ0v) is 7.21. The summed E-state index contributed by atoms with van der Waals surface area (Å²) in [5.74, 6) is 0.840. The fourth-order valence-corrected chi connectivity index (χ4v) is 1.07. The van der Waals surface area contributed by atoms with Gasteiger partial charge in [-0.2, -0.15) is 0 Å².